The molecule has 2 aliphatic heterocycles. The first-order valence-corrected chi connectivity index (χ1v) is 8.29. The molecule has 0 aromatic rings. The van der Waals surface area contributed by atoms with Crippen LogP contribution < -0.4 is 5.32 Å². The maximum absolute atomic E-state index is 12.6. The number of piperidine rings is 1. The second kappa shape index (κ2) is 6.90. The van der Waals surface area contributed by atoms with Gasteiger partial charge in [0, 0.05) is 12.6 Å². The lowest BCUT2D eigenvalue weighted by Gasteiger charge is -2.34. The molecule has 3 atom stereocenters. The fourth-order valence-electron chi connectivity index (χ4n) is 3.66. The van der Waals surface area contributed by atoms with Crippen molar-refractivity contribution in [1.29, 1.82) is 0 Å². The first-order chi connectivity index (χ1) is 9.49. The van der Waals surface area contributed by atoms with E-state index in [0.29, 0.717) is 17.9 Å². The second-order valence-electron chi connectivity index (χ2n) is 6.98. The van der Waals surface area contributed by atoms with Gasteiger partial charge in [-0.25, -0.2) is 0 Å². The number of nitrogens with one attached hydrogen (secondary N) is 1. The fraction of sp³-hybridized carbons (Fsp3) is 0.938. The average molecular weight is 281 g/mol. The van der Waals surface area contributed by atoms with Gasteiger partial charge in [0.1, 0.15) is 0 Å². The summed E-state index contributed by atoms with van der Waals surface area (Å²) in [6.45, 7) is 12.1. The molecule has 1 N–H and O–H groups in total. The van der Waals surface area contributed by atoms with Gasteiger partial charge in [-0.05, 0) is 52.1 Å². The topological polar surface area (TPSA) is 35.6 Å². The smallest absolute Gasteiger partial charge is 0.241 e. The van der Waals surface area contributed by atoms with Gasteiger partial charge in [-0.15, -0.1) is 0 Å². The van der Waals surface area contributed by atoms with E-state index in [1.165, 1.54) is 32.4 Å². The maximum atomic E-state index is 12.6. The van der Waals surface area contributed by atoms with Gasteiger partial charge in [0.25, 0.3) is 0 Å². The van der Waals surface area contributed by atoms with Gasteiger partial charge in [-0.1, -0.05) is 20.3 Å². The van der Waals surface area contributed by atoms with Crippen LogP contribution in [0, 0.1) is 5.92 Å². The summed E-state index contributed by atoms with van der Waals surface area (Å²) >= 11 is 0. The van der Waals surface area contributed by atoms with Crippen molar-refractivity contribution in [2.24, 2.45) is 5.92 Å². The van der Waals surface area contributed by atoms with Crippen molar-refractivity contribution in [2.45, 2.75) is 71.6 Å². The molecule has 4 heteroatoms. The highest BCUT2D eigenvalue weighted by Gasteiger charge is 2.39. The van der Waals surface area contributed by atoms with Crippen molar-refractivity contribution in [1.82, 2.24) is 15.1 Å². The van der Waals surface area contributed by atoms with E-state index in [9.17, 15) is 4.79 Å². The lowest BCUT2D eigenvalue weighted by atomic mass is 10.0. The quantitative estimate of drug-likeness (QED) is 0.838. The fourth-order valence-corrected chi connectivity index (χ4v) is 3.66. The van der Waals surface area contributed by atoms with Crippen LogP contribution in [0.25, 0.3) is 0 Å². The van der Waals surface area contributed by atoms with E-state index >= 15 is 0 Å². The molecule has 0 radical (unpaired) electrons. The molecule has 0 aliphatic carbocycles. The molecule has 20 heavy (non-hydrogen) atoms. The lowest BCUT2D eigenvalue weighted by molar-refractivity contribution is -0.132. The molecule has 2 saturated heterocycles. The van der Waals surface area contributed by atoms with Crippen LogP contribution in [0.4, 0.5) is 0 Å². The summed E-state index contributed by atoms with van der Waals surface area (Å²) in [7, 11) is 0. The SMILES string of the molecule is CC(C)CC1NC(C)N(C(C)CN2CCCCC2)C1=O. The molecule has 2 heterocycles. The van der Waals surface area contributed by atoms with Gasteiger partial charge in [0.15, 0.2) is 0 Å². The van der Waals surface area contributed by atoms with Crippen LogP contribution in [0.5, 0.6) is 0 Å². The normalized spacial score (nSPS) is 30.2. The minimum absolute atomic E-state index is 0.0220. The molecule has 0 spiro atoms. The van der Waals surface area contributed by atoms with Crippen molar-refractivity contribution in [2.75, 3.05) is 19.6 Å². The molecular weight excluding hydrogens is 250 g/mol. The van der Waals surface area contributed by atoms with E-state index < -0.39 is 0 Å². The predicted octanol–water partition coefficient (Wildman–Crippen LogP) is 2.05. The zero-order chi connectivity index (χ0) is 14.7. The Kier molecular flexibility index (Phi) is 5.44. The molecule has 0 saturated carbocycles. The Balaban J connectivity index is 1.91. The Morgan fingerprint density at radius 3 is 2.45 bits per heavy atom. The summed E-state index contributed by atoms with van der Waals surface area (Å²) in [6.07, 6.45) is 5.10. The van der Waals surface area contributed by atoms with Crippen LogP contribution in [0.1, 0.15) is 53.4 Å². The Hall–Kier alpha value is -0.610. The third-order valence-corrected chi connectivity index (χ3v) is 4.57. The van der Waals surface area contributed by atoms with E-state index in [1.807, 2.05) is 0 Å². The predicted molar refractivity (Wildman–Crippen MR) is 82.4 cm³/mol. The maximum Gasteiger partial charge on any atom is 0.241 e. The first kappa shape index (κ1) is 15.8. The van der Waals surface area contributed by atoms with Gasteiger partial charge in [-0.2, -0.15) is 0 Å². The Bertz CT molecular complexity index is 326. The minimum Gasteiger partial charge on any atom is -0.322 e. The van der Waals surface area contributed by atoms with Crippen LogP contribution >= 0.6 is 0 Å². The van der Waals surface area contributed by atoms with E-state index in [-0.39, 0.29) is 12.2 Å². The largest absolute Gasteiger partial charge is 0.322 e. The van der Waals surface area contributed by atoms with E-state index in [0.717, 1.165) is 13.0 Å². The molecule has 2 fully saturated rings. The number of carbonyl (C=O) groups excluding carboxylic acids is 1. The van der Waals surface area contributed by atoms with Gasteiger partial charge < -0.3 is 9.80 Å². The number of carbonyl (C=O) groups is 1. The highest BCUT2D eigenvalue weighted by molar-refractivity contribution is 5.84. The summed E-state index contributed by atoms with van der Waals surface area (Å²) in [5.41, 5.74) is 0. The second-order valence-corrected chi connectivity index (χ2v) is 6.98. The van der Waals surface area contributed by atoms with Crippen molar-refractivity contribution in [3.05, 3.63) is 0 Å². The minimum atomic E-state index is 0.0220. The molecule has 0 bridgehead atoms. The van der Waals surface area contributed by atoms with Crippen molar-refractivity contribution >= 4 is 5.91 Å². The Morgan fingerprint density at radius 2 is 1.85 bits per heavy atom. The highest BCUT2D eigenvalue weighted by atomic mass is 16.2. The number of hydrogen-bond acceptors (Lipinski definition) is 3. The van der Waals surface area contributed by atoms with Crippen LogP contribution in [0.3, 0.4) is 0 Å². The Labute approximate surface area is 123 Å². The number of rotatable bonds is 5. The Morgan fingerprint density at radius 1 is 1.20 bits per heavy atom. The number of nitrogens with zero attached hydrogens (tertiary/aromatic N) is 2. The highest BCUT2D eigenvalue weighted by Crippen LogP contribution is 2.20. The monoisotopic (exact) mass is 281 g/mol. The zero-order valence-corrected chi connectivity index (χ0v) is 13.6. The van der Waals surface area contributed by atoms with E-state index in [1.54, 1.807) is 0 Å². The number of hydrogen-bond donors (Lipinski definition) is 1. The zero-order valence-electron chi connectivity index (χ0n) is 13.6. The molecule has 3 unspecified atom stereocenters. The summed E-state index contributed by atoms with van der Waals surface area (Å²) < 4.78 is 0. The van der Waals surface area contributed by atoms with Crippen molar-refractivity contribution in [3.8, 4) is 0 Å². The third-order valence-electron chi connectivity index (χ3n) is 4.57. The van der Waals surface area contributed by atoms with Crippen LogP contribution in [-0.2, 0) is 4.79 Å². The third kappa shape index (κ3) is 3.73. The molecule has 2 rings (SSSR count). The summed E-state index contributed by atoms with van der Waals surface area (Å²) in [6, 6.07) is 0.328. The molecule has 4 nitrogen and oxygen atoms in total. The van der Waals surface area contributed by atoms with E-state index in [4.69, 9.17) is 0 Å². The standard InChI is InChI=1S/C16H31N3O/c1-12(2)10-15-16(20)19(14(4)17-15)13(3)11-18-8-6-5-7-9-18/h12-15,17H,5-11H2,1-4H3. The van der Waals surface area contributed by atoms with Crippen molar-refractivity contribution < 1.29 is 4.79 Å². The van der Waals surface area contributed by atoms with Crippen LogP contribution in [0.15, 0.2) is 0 Å². The molecular formula is C16H31N3O. The summed E-state index contributed by atoms with van der Waals surface area (Å²) in [4.78, 5) is 17.2. The van der Waals surface area contributed by atoms with Crippen LogP contribution in [0.2, 0.25) is 0 Å². The first-order valence-electron chi connectivity index (χ1n) is 8.29. The number of amides is 1. The van der Waals surface area contributed by atoms with Gasteiger partial charge >= 0.3 is 0 Å². The van der Waals surface area contributed by atoms with Crippen molar-refractivity contribution in [3.63, 3.8) is 0 Å². The van der Waals surface area contributed by atoms with E-state index in [2.05, 4.69) is 42.8 Å². The molecule has 116 valence electrons. The van der Waals surface area contributed by atoms with Gasteiger partial charge in [0.2, 0.25) is 5.91 Å². The number of likely N-dealkylation sites (tertiary alicyclic amines) is 1. The molecule has 2 aliphatic rings. The molecule has 0 aromatic heterocycles. The van der Waals surface area contributed by atoms with Gasteiger partial charge in [0.05, 0.1) is 12.2 Å². The van der Waals surface area contributed by atoms with Crippen LogP contribution in [-0.4, -0.2) is 53.6 Å². The summed E-state index contributed by atoms with van der Waals surface area (Å²) in [5, 5.41) is 3.46. The molecule has 0 aromatic carbocycles. The summed E-state index contributed by atoms with van der Waals surface area (Å²) in [5.74, 6) is 0.858. The molecule has 1 amide bonds. The van der Waals surface area contributed by atoms with Gasteiger partial charge in [-0.3, -0.25) is 10.1 Å². The lowest BCUT2D eigenvalue weighted by Crippen LogP contribution is -2.48. The average Bonchev–Trinajstić information content (AvgIpc) is 2.64.